The molecule has 1 saturated heterocycles. The number of aryl methyl sites for hydroxylation is 1. The maximum absolute atomic E-state index is 12.3. The number of nitrogens with one attached hydrogen (secondary N) is 1. The highest BCUT2D eigenvalue weighted by Crippen LogP contribution is 2.25. The fourth-order valence-corrected chi connectivity index (χ4v) is 2.43. The third kappa shape index (κ3) is 2.68. The van der Waals surface area contributed by atoms with E-state index in [2.05, 4.69) is 12.2 Å². The first-order chi connectivity index (χ1) is 8.49. The Morgan fingerprint density at radius 3 is 2.78 bits per heavy atom. The summed E-state index contributed by atoms with van der Waals surface area (Å²) >= 11 is 6.13. The Hall–Kier alpha value is -1.06. The topological polar surface area (TPSA) is 32.3 Å². The standard InChI is InChI=1S/C14H19ClN2O/c1-9-4-5-12(8-13(9)15)17-7-6-10(2)16-11(3)14(17)18/h4-5,8,10-11,16H,6-7H2,1-3H3. The van der Waals surface area contributed by atoms with E-state index in [1.807, 2.05) is 36.9 Å². The average Bonchev–Trinajstić information content (AvgIpc) is 2.44. The van der Waals surface area contributed by atoms with E-state index in [1.54, 1.807) is 0 Å². The van der Waals surface area contributed by atoms with Gasteiger partial charge in [0.15, 0.2) is 0 Å². The molecular weight excluding hydrogens is 248 g/mol. The van der Waals surface area contributed by atoms with Crippen LogP contribution in [0.2, 0.25) is 5.02 Å². The first kappa shape index (κ1) is 13.4. The fraction of sp³-hybridized carbons (Fsp3) is 0.500. The first-order valence-electron chi connectivity index (χ1n) is 6.32. The quantitative estimate of drug-likeness (QED) is 0.848. The number of benzene rings is 1. The molecule has 1 aliphatic rings. The van der Waals surface area contributed by atoms with Crippen LogP contribution in [0.4, 0.5) is 5.69 Å². The molecule has 2 rings (SSSR count). The number of carbonyl (C=O) groups is 1. The molecule has 1 heterocycles. The Morgan fingerprint density at radius 1 is 1.39 bits per heavy atom. The molecule has 98 valence electrons. The highest BCUT2D eigenvalue weighted by molar-refractivity contribution is 6.31. The van der Waals surface area contributed by atoms with Crippen molar-refractivity contribution in [3.8, 4) is 0 Å². The van der Waals surface area contributed by atoms with Gasteiger partial charge in [-0.25, -0.2) is 0 Å². The van der Waals surface area contributed by atoms with Crippen LogP contribution in [0.15, 0.2) is 18.2 Å². The van der Waals surface area contributed by atoms with Crippen molar-refractivity contribution in [3.05, 3.63) is 28.8 Å². The number of amides is 1. The van der Waals surface area contributed by atoms with E-state index in [4.69, 9.17) is 11.6 Å². The molecule has 3 nitrogen and oxygen atoms in total. The van der Waals surface area contributed by atoms with Crippen LogP contribution in [0, 0.1) is 6.92 Å². The molecule has 0 aromatic heterocycles. The van der Waals surface area contributed by atoms with Gasteiger partial charge in [0, 0.05) is 23.3 Å². The SMILES string of the molecule is Cc1ccc(N2CCC(C)NC(C)C2=O)cc1Cl. The lowest BCUT2D eigenvalue weighted by Crippen LogP contribution is -2.43. The van der Waals surface area contributed by atoms with Crippen molar-refractivity contribution >= 4 is 23.2 Å². The van der Waals surface area contributed by atoms with Crippen LogP contribution < -0.4 is 10.2 Å². The van der Waals surface area contributed by atoms with Crippen molar-refractivity contribution in [3.63, 3.8) is 0 Å². The predicted molar refractivity (Wildman–Crippen MR) is 75.2 cm³/mol. The number of carbonyl (C=O) groups excluding carboxylic acids is 1. The van der Waals surface area contributed by atoms with Crippen molar-refractivity contribution in [2.75, 3.05) is 11.4 Å². The van der Waals surface area contributed by atoms with E-state index >= 15 is 0 Å². The van der Waals surface area contributed by atoms with Crippen LogP contribution in [0.3, 0.4) is 0 Å². The molecule has 1 N–H and O–H groups in total. The molecule has 4 heteroatoms. The normalized spacial score (nSPS) is 25.1. The summed E-state index contributed by atoms with van der Waals surface area (Å²) in [6.45, 7) is 6.71. The lowest BCUT2D eigenvalue weighted by molar-refractivity contribution is -0.119. The largest absolute Gasteiger partial charge is 0.311 e. The van der Waals surface area contributed by atoms with Crippen molar-refractivity contribution in [2.45, 2.75) is 39.3 Å². The second kappa shape index (κ2) is 5.29. The summed E-state index contributed by atoms with van der Waals surface area (Å²) in [7, 11) is 0. The molecule has 0 bridgehead atoms. The van der Waals surface area contributed by atoms with Gasteiger partial charge in [0.05, 0.1) is 6.04 Å². The van der Waals surface area contributed by atoms with Gasteiger partial charge >= 0.3 is 0 Å². The minimum Gasteiger partial charge on any atom is -0.311 e. The van der Waals surface area contributed by atoms with Gasteiger partial charge in [-0.15, -0.1) is 0 Å². The Kier molecular flexibility index (Phi) is 3.93. The molecule has 0 aliphatic carbocycles. The third-order valence-corrected chi connectivity index (χ3v) is 3.83. The molecule has 18 heavy (non-hydrogen) atoms. The monoisotopic (exact) mass is 266 g/mol. The zero-order valence-electron chi connectivity index (χ0n) is 11.0. The van der Waals surface area contributed by atoms with Crippen LogP contribution in [-0.4, -0.2) is 24.5 Å². The van der Waals surface area contributed by atoms with Gasteiger partial charge in [0.1, 0.15) is 0 Å². The van der Waals surface area contributed by atoms with Crippen LogP contribution in [0.1, 0.15) is 25.8 Å². The Morgan fingerprint density at radius 2 is 2.11 bits per heavy atom. The molecule has 0 radical (unpaired) electrons. The summed E-state index contributed by atoms with van der Waals surface area (Å²) in [4.78, 5) is 14.1. The lowest BCUT2D eigenvalue weighted by atomic mass is 10.2. The Labute approximate surface area is 113 Å². The second-order valence-electron chi connectivity index (χ2n) is 5.00. The minimum absolute atomic E-state index is 0.110. The second-order valence-corrected chi connectivity index (χ2v) is 5.41. The molecule has 0 spiro atoms. The molecule has 1 fully saturated rings. The Bertz CT molecular complexity index is 461. The number of hydrogen-bond donors (Lipinski definition) is 1. The summed E-state index contributed by atoms with van der Waals surface area (Å²) in [5.74, 6) is 0.110. The predicted octanol–water partition coefficient (Wildman–Crippen LogP) is 2.75. The van der Waals surface area contributed by atoms with Gasteiger partial charge in [0.25, 0.3) is 0 Å². The summed E-state index contributed by atoms with van der Waals surface area (Å²) in [6.07, 6.45) is 0.946. The van der Waals surface area contributed by atoms with Crippen molar-refractivity contribution in [2.24, 2.45) is 0 Å². The van der Waals surface area contributed by atoms with E-state index in [-0.39, 0.29) is 11.9 Å². The zero-order valence-corrected chi connectivity index (χ0v) is 11.8. The molecule has 1 amide bonds. The van der Waals surface area contributed by atoms with Gasteiger partial charge in [-0.3, -0.25) is 4.79 Å². The summed E-state index contributed by atoms with van der Waals surface area (Å²) < 4.78 is 0. The number of anilines is 1. The Balaban J connectivity index is 2.30. The van der Waals surface area contributed by atoms with Crippen LogP contribution in [0.25, 0.3) is 0 Å². The smallest absolute Gasteiger partial charge is 0.243 e. The van der Waals surface area contributed by atoms with E-state index in [9.17, 15) is 4.79 Å². The van der Waals surface area contributed by atoms with Gasteiger partial charge in [0.2, 0.25) is 5.91 Å². The molecule has 0 saturated carbocycles. The van der Waals surface area contributed by atoms with Crippen molar-refractivity contribution in [1.82, 2.24) is 5.32 Å². The lowest BCUT2D eigenvalue weighted by Gasteiger charge is -2.23. The van der Waals surface area contributed by atoms with Crippen molar-refractivity contribution < 1.29 is 4.79 Å². The van der Waals surface area contributed by atoms with E-state index < -0.39 is 0 Å². The maximum atomic E-state index is 12.3. The highest BCUT2D eigenvalue weighted by Gasteiger charge is 2.27. The number of hydrogen-bond acceptors (Lipinski definition) is 2. The van der Waals surface area contributed by atoms with Crippen LogP contribution >= 0.6 is 11.6 Å². The van der Waals surface area contributed by atoms with Gasteiger partial charge in [-0.2, -0.15) is 0 Å². The molecule has 1 aliphatic heterocycles. The highest BCUT2D eigenvalue weighted by atomic mass is 35.5. The van der Waals surface area contributed by atoms with Crippen LogP contribution in [0.5, 0.6) is 0 Å². The first-order valence-corrected chi connectivity index (χ1v) is 6.70. The van der Waals surface area contributed by atoms with E-state index in [1.165, 1.54) is 0 Å². The zero-order chi connectivity index (χ0) is 13.3. The molecule has 1 aromatic carbocycles. The van der Waals surface area contributed by atoms with E-state index in [0.29, 0.717) is 11.1 Å². The van der Waals surface area contributed by atoms with Gasteiger partial charge in [-0.1, -0.05) is 17.7 Å². The van der Waals surface area contributed by atoms with Crippen molar-refractivity contribution in [1.29, 1.82) is 0 Å². The molecule has 2 atom stereocenters. The van der Waals surface area contributed by atoms with Crippen LogP contribution in [-0.2, 0) is 4.79 Å². The maximum Gasteiger partial charge on any atom is 0.243 e. The van der Waals surface area contributed by atoms with Gasteiger partial charge in [-0.05, 0) is 44.9 Å². The number of rotatable bonds is 1. The minimum atomic E-state index is -0.150. The number of nitrogens with zero attached hydrogens (tertiary/aromatic N) is 1. The summed E-state index contributed by atoms with van der Waals surface area (Å²) in [6, 6.07) is 5.99. The van der Waals surface area contributed by atoms with E-state index in [0.717, 1.165) is 24.2 Å². The summed E-state index contributed by atoms with van der Waals surface area (Å²) in [5, 5.41) is 4.00. The average molecular weight is 267 g/mol. The molecule has 2 unspecified atom stereocenters. The third-order valence-electron chi connectivity index (χ3n) is 3.42. The summed E-state index contributed by atoms with van der Waals surface area (Å²) in [5.41, 5.74) is 1.92. The fourth-order valence-electron chi connectivity index (χ4n) is 2.25. The number of halogens is 1. The molecular formula is C14H19ClN2O. The molecule has 1 aromatic rings. The van der Waals surface area contributed by atoms with Gasteiger partial charge < -0.3 is 10.2 Å².